The summed E-state index contributed by atoms with van der Waals surface area (Å²) < 4.78 is 11.1. The summed E-state index contributed by atoms with van der Waals surface area (Å²) in [5.41, 5.74) is 4.67. The van der Waals surface area contributed by atoms with Crippen molar-refractivity contribution >= 4 is 5.97 Å². The van der Waals surface area contributed by atoms with Crippen LogP contribution in [0.25, 0.3) is 0 Å². The number of carbonyl (C=O) groups is 1. The van der Waals surface area contributed by atoms with Gasteiger partial charge in [-0.2, -0.15) is 0 Å². The Balaban J connectivity index is 1.94. The second-order valence-electron chi connectivity index (χ2n) is 4.85. The SMILES string of the molecule is CCOc1ccc(OC2CCC(N)(C(=O)O)C2)cc1. The van der Waals surface area contributed by atoms with E-state index in [0.717, 1.165) is 5.75 Å². The molecule has 0 aromatic heterocycles. The van der Waals surface area contributed by atoms with Gasteiger partial charge in [-0.15, -0.1) is 0 Å². The molecule has 0 aliphatic heterocycles. The lowest BCUT2D eigenvalue weighted by atomic mass is 10.00. The average Bonchev–Trinajstić information content (AvgIpc) is 2.75. The minimum absolute atomic E-state index is 0.140. The van der Waals surface area contributed by atoms with Crippen molar-refractivity contribution in [2.45, 2.75) is 37.8 Å². The summed E-state index contributed by atoms with van der Waals surface area (Å²) in [5.74, 6) is 0.549. The molecule has 0 heterocycles. The minimum Gasteiger partial charge on any atom is -0.494 e. The summed E-state index contributed by atoms with van der Waals surface area (Å²) in [5, 5.41) is 9.05. The zero-order valence-electron chi connectivity index (χ0n) is 11.0. The Labute approximate surface area is 112 Å². The third-order valence-corrected chi connectivity index (χ3v) is 3.37. The third kappa shape index (κ3) is 3.17. The van der Waals surface area contributed by atoms with E-state index in [9.17, 15) is 4.79 Å². The van der Waals surface area contributed by atoms with Crippen LogP contribution < -0.4 is 15.2 Å². The molecule has 19 heavy (non-hydrogen) atoms. The summed E-state index contributed by atoms with van der Waals surface area (Å²) in [7, 11) is 0. The number of ether oxygens (including phenoxy) is 2. The first-order chi connectivity index (χ1) is 9.03. The lowest BCUT2D eigenvalue weighted by Gasteiger charge is -2.18. The monoisotopic (exact) mass is 265 g/mol. The fourth-order valence-corrected chi connectivity index (χ4v) is 2.30. The van der Waals surface area contributed by atoms with Crippen molar-refractivity contribution in [1.82, 2.24) is 0 Å². The second-order valence-corrected chi connectivity index (χ2v) is 4.85. The molecule has 5 nitrogen and oxygen atoms in total. The number of hydrogen-bond acceptors (Lipinski definition) is 4. The lowest BCUT2D eigenvalue weighted by molar-refractivity contribution is -0.143. The molecule has 0 amide bonds. The molecule has 1 fully saturated rings. The topological polar surface area (TPSA) is 81.8 Å². The normalized spacial score (nSPS) is 26.1. The Morgan fingerprint density at radius 3 is 2.58 bits per heavy atom. The summed E-state index contributed by atoms with van der Waals surface area (Å²) >= 11 is 0. The van der Waals surface area contributed by atoms with Crippen molar-refractivity contribution in [3.63, 3.8) is 0 Å². The van der Waals surface area contributed by atoms with Gasteiger partial charge in [-0.05, 0) is 44.0 Å². The van der Waals surface area contributed by atoms with Gasteiger partial charge in [-0.25, -0.2) is 0 Å². The number of benzene rings is 1. The van der Waals surface area contributed by atoms with Crippen molar-refractivity contribution in [2.24, 2.45) is 5.73 Å². The molecule has 5 heteroatoms. The Kier molecular flexibility index (Phi) is 3.95. The maximum Gasteiger partial charge on any atom is 0.323 e. The second kappa shape index (κ2) is 5.48. The molecule has 2 unspecified atom stereocenters. The van der Waals surface area contributed by atoms with Crippen LogP contribution in [-0.2, 0) is 4.79 Å². The van der Waals surface area contributed by atoms with E-state index in [4.69, 9.17) is 20.3 Å². The first kappa shape index (κ1) is 13.7. The Morgan fingerprint density at radius 2 is 2.05 bits per heavy atom. The van der Waals surface area contributed by atoms with Gasteiger partial charge in [0.15, 0.2) is 0 Å². The van der Waals surface area contributed by atoms with E-state index in [2.05, 4.69) is 0 Å². The Morgan fingerprint density at radius 1 is 1.42 bits per heavy atom. The fraction of sp³-hybridized carbons (Fsp3) is 0.500. The molecule has 1 aliphatic rings. The van der Waals surface area contributed by atoms with Gasteiger partial charge in [0.25, 0.3) is 0 Å². The molecule has 2 rings (SSSR count). The van der Waals surface area contributed by atoms with Crippen molar-refractivity contribution in [3.05, 3.63) is 24.3 Å². The van der Waals surface area contributed by atoms with Crippen LogP contribution in [-0.4, -0.2) is 29.3 Å². The maximum absolute atomic E-state index is 11.0. The molecule has 1 saturated carbocycles. The molecule has 104 valence electrons. The van der Waals surface area contributed by atoms with Crippen molar-refractivity contribution in [2.75, 3.05) is 6.61 Å². The van der Waals surface area contributed by atoms with Gasteiger partial charge >= 0.3 is 5.97 Å². The van der Waals surface area contributed by atoms with E-state index in [0.29, 0.717) is 31.6 Å². The molecule has 1 aromatic carbocycles. The van der Waals surface area contributed by atoms with E-state index < -0.39 is 11.5 Å². The number of carboxylic acids is 1. The number of hydrogen-bond donors (Lipinski definition) is 2. The molecular weight excluding hydrogens is 246 g/mol. The van der Waals surface area contributed by atoms with E-state index in [1.54, 1.807) is 0 Å². The average molecular weight is 265 g/mol. The zero-order chi connectivity index (χ0) is 13.9. The molecule has 0 bridgehead atoms. The van der Waals surface area contributed by atoms with Gasteiger partial charge in [-0.1, -0.05) is 0 Å². The summed E-state index contributed by atoms with van der Waals surface area (Å²) in [6.45, 7) is 2.55. The van der Waals surface area contributed by atoms with Crippen LogP contribution >= 0.6 is 0 Å². The number of nitrogens with two attached hydrogens (primary N) is 1. The molecule has 2 atom stereocenters. The highest BCUT2D eigenvalue weighted by Gasteiger charge is 2.43. The molecule has 0 spiro atoms. The van der Waals surface area contributed by atoms with Crippen LogP contribution in [0.3, 0.4) is 0 Å². The van der Waals surface area contributed by atoms with E-state index in [1.807, 2.05) is 31.2 Å². The highest BCUT2D eigenvalue weighted by Crippen LogP contribution is 2.31. The minimum atomic E-state index is -1.14. The van der Waals surface area contributed by atoms with E-state index in [1.165, 1.54) is 0 Å². The molecule has 0 saturated heterocycles. The van der Waals surface area contributed by atoms with Crippen LogP contribution in [0.4, 0.5) is 0 Å². The molecule has 0 radical (unpaired) electrons. The predicted molar refractivity (Wildman–Crippen MR) is 70.4 cm³/mol. The highest BCUT2D eigenvalue weighted by molar-refractivity contribution is 5.79. The molecule has 1 aromatic rings. The fourth-order valence-electron chi connectivity index (χ4n) is 2.30. The summed E-state index contributed by atoms with van der Waals surface area (Å²) in [6, 6.07) is 7.31. The number of aliphatic carboxylic acids is 1. The first-order valence-corrected chi connectivity index (χ1v) is 6.45. The van der Waals surface area contributed by atoms with Crippen LogP contribution in [0.15, 0.2) is 24.3 Å². The smallest absolute Gasteiger partial charge is 0.323 e. The highest BCUT2D eigenvalue weighted by atomic mass is 16.5. The van der Waals surface area contributed by atoms with Gasteiger partial charge in [0, 0.05) is 6.42 Å². The largest absolute Gasteiger partial charge is 0.494 e. The lowest BCUT2D eigenvalue weighted by Crippen LogP contribution is -2.46. The molecule has 3 N–H and O–H groups in total. The maximum atomic E-state index is 11.0. The molecular formula is C14H19NO4. The number of rotatable bonds is 5. The Hall–Kier alpha value is -1.75. The number of carboxylic acid groups (broad SMARTS) is 1. The standard InChI is InChI=1S/C14H19NO4/c1-2-18-10-3-5-11(6-4-10)19-12-7-8-14(15,9-12)13(16)17/h3-6,12H,2,7-9,15H2,1H3,(H,16,17). The van der Waals surface area contributed by atoms with Crippen molar-refractivity contribution in [1.29, 1.82) is 0 Å². The van der Waals surface area contributed by atoms with Crippen LogP contribution in [0.1, 0.15) is 26.2 Å². The van der Waals surface area contributed by atoms with Crippen molar-refractivity contribution in [3.8, 4) is 11.5 Å². The van der Waals surface area contributed by atoms with Crippen LogP contribution in [0, 0.1) is 0 Å². The summed E-state index contributed by atoms with van der Waals surface area (Å²) in [4.78, 5) is 11.0. The van der Waals surface area contributed by atoms with Crippen molar-refractivity contribution < 1.29 is 19.4 Å². The van der Waals surface area contributed by atoms with Gasteiger partial charge < -0.3 is 20.3 Å². The van der Waals surface area contributed by atoms with Gasteiger partial charge in [0.1, 0.15) is 23.1 Å². The van der Waals surface area contributed by atoms with Gasteiger partial charge in [0.2, 0.25) is 0 Å². The first-order valence-electron chi connectivity index (χ1n) is 6.45. The predicted octanol–water partition coefficient (Wildman–Crippen LogP) is 1.80. The van der Waals surface area contributed by atoms with E-state index >= 15 is 0 Å². The van der Waals surface area contributed by atoms with Gasteiger partial charge in [-0.3, -0.25) is 4.79 Å². The van der Waals surface area contributed by atoms with Crippen LogP contribution in [0.5, 0.6) is 11.5 Å². The van der Waals surface area contributed by atoms with E-state index in [-0.39, 0.29) is 6.10 Å². The summed E-state index contributed by atoms with van der Waals surface area (Å²) in [6.07, 6.45) is 1.31. The Bertz CT molecular complexity index is 445. The zero-order valence-corrected chi connectivity index (χ0v) is 11.0. The van der Waals surface area contributed by atoms with Gasteiger partial charge in [0.05, 0.1) is 6.61 Å². The third-order valence-electron chi connectivity index (χ3n) is 3.37. The quantitative estimate of drug-likeness (QED) is 0.848. The molecule has 1 aliphatic carbocycles. The van der Waals surface area contributed by atoms with Crippen LogP contribution in [0.2, 0.25) is 0 Å².